The van der Waals surface area contributed by atoms with E-state index in [1.165, 1.54) is 28.5 Å². The Bertz CT molecular complexity index is 978. The second-order valence-electron chi connectivity index (χ2n) is 5.51. The lowest BCUT2D eigenvalue weighted by Gasteiger charge is -2.00. The number of carbonyl (C=O) groups is 1. The van der Waals surface area contributed by atoms with Crippen LogP contribution in [0.1, 0.15) is 15.5 Å². The molecule has 1 atom stereocenters. The van der Waals surface area contributed by atoms with E-state index in [-0.39, 0.29) is 24.0 Å². The number of hydrogen-bond acceptors (Lipinski definition) is 7. The maximum atomic E-state index is 12.1. The number of nitrogens with one attached hydrogen (secondary N) is 1. The number of amides is 1. The molecule has 0 aliphatic carbocycles. The van der Waals surface area contributed by atoms with E-state index in [9.17, 15) is 9.00 Å². The minimum atomic E-state index is -2.26. The first-order chi connectivity index (χ1) is 11.9. The summed E-state index contributed by atoms with van der Waals surface area (Å²) in [5.74, 6) is 3.28. The molecule has 0 bridgehead atoms. The van der Waals surface area contributed by atoms with E-state index in [0.717, 1.165) is 10.6 Å². The molecule has 3 aromatic rings. The Labute approximate surface area is 148 Å². The fourth-order valence-corrected chi connectivity index (χ4v) is 3.48. The molecule has 0 saturated carbocycles. The lowest BCUT2D eigenvalue weighted by atomic mass is 10.2. The first-order valence-corrected chi connectivity index (χ1v) is 10.4. The van der Waals surface area contributed by atoms with Crippen LogP contribution in [0.2, 0.25) is 0 Å². The van der Waals surface area contributed by atoms with Crippen molar-refractivity contribution < 1.29 is 9.00 Å². The molecule has 8 nitrogen and oxygen atoms in total. The molecule has 1 N–H and O–H groups in total. The number of benzene rings is 1. The van der Waals surface area contributed by atoms with Crippen molar-refractivity contribution in [1.82, 2.24) is 30.5 Å². The number of nitrogens with zero attached hydrogens (tertiary/aromatic N) is 5. The average molecular weight is 376 g/mol. The molecular formula is C15H16N6O2S2. The molecule has 1 amide bonds. The quantitative estimate of drug-likeness (QED) is 0.645. The summed E-state index contributed by atoms with van der Waals surface area (Å²) < 4.78 is 13.0. The highest BCUT2D eigenvalue weighted by Crippen LogP contribution is 2.22. The van der Waals surface area contributed by atoms with Gasteiger partial charge >= 0.3 is 0 Å². The maximum absolute atomic E-state index is 12.1. The fraction of sp³-hybridized carbons (Fsp3) is 0.200. The van der Waals surface area contributed by atoms with E-state index < -0.39 is 9.52 Å². The molecule has 0 aliphatic heterocycles. The summed E-state index contributed by atoms with van der Waals surface area (Å²) in [5.41, 5.74) is 1.13. The van der Waals surface area contributed by atoms with Crippen molar-refractivity contribution in [2.75, 3.05) is 6.26 Å². The van der Waals surface area contributed by atoms with E-state index >= 15 is 0 Å². The van der Waals surface area contributed by atoms with Crippen LogP contribution in [0.25, 0.3) is 10.6 Å². The first-order valence-electron chi connectivity index (χ1n) is 7.27. The molecule has 10 heteroatoms. The van der Waals surface area contributed by atoms with Gasteiger partial charge < -0.3 is 5.32 Å². The summed E-state index contributed by atoms with van der Waals surface area (Å²) in [6.45, 7) is 0.246. The third-order valence-corrected chi connectivity index (χ3v) is 4.85. The van der Waals surface area contributed by atoms with Crippen LogP contribution in [0.4, 0.5) is 0 Å². The second kappa shape index (κ2) is 7.11. The number of rotatable bonds is 6. The van der Waals surface area contributed by atoms with Crippen LogP contribution in [0.3, 0.4) is 0 Å². The number of aromatic nitrogens is 5. The zero-order valence-corrected chi connectivity index (χ0v) is 15.1. The summed E-state index contributed by atoms with van der Waals surface area (Å²) >= 11 is 1.41. The fourth-order valence-electron chi connectivity index (χ4n) is 2.01. The van der Waals surface area contributed by atoms with Crippen LogP contribution in [-0.2, 0) is 21.9 Å². The van der Waals surface area contributed by atoms with Crippen molar-refractivity contribution in [3.05, 3.63) is 47.2 Å². The van der Waals surface area contributed by atoms with Gasteiger partial charge in [0.25, 0.3) is 5.91 Å². The maximum Gasteiger partial charge on any atom is 0.273 e. The van der Waals surface area contributed by atoms with Crippen LogP contribution < -0.4 is 5.32 Å². The predicted octanol–water partition coefficient (Wildman–Crippen LogP) is 1.03. The van der Waals surface area contributed by atoms with E-state index in [0.29, 0.717) is 5.01 Å². The molecule has 0 radical (unpaired) electrons. The largest absolute Gasteiger partial charge is 0.344 e. The number of carbonyl (C=O) groups excluding carboxylic acids is 1. The SMILES string of the molecule is C=S(C)(=O)Cn1cc(C(=O)NCc2nnc(-c3ccccc3)s2)nn1. The average Bonchev–Trinajstić information content (AvgIpc) is 3.21. The zero-order chi connectivity index (χ0) is 17.9. The Morgan fingerprint density at radius 3 is 2.76 bits per heavy atom. The van der Waals surface area contributed by atoms with Crippen LogP contribution in [0.5, 0.6) is 0 Å². The van der Waals surface area contributed by atoms with Gasteiger partial charge in [-0.15, -0.1) is 15.3 Å². The van der Waals surface area contributed by atoms with Crippen molar-refractivity contribution in [2.24, 2.45) is 0 Å². The molecule has 2 aromatic heterocycles. The summed E-state index contributed by atoms with van der Waals surface area (Å²) in [6, 6.07) is 9.71. The molecule has 3 rings (SSSR count). The molecule has 0 spiro atoms. The van der Waals surface area contributed by atoms with E-state index in [4.69, 9.17) is 0 Å². The highest BCUT2D eigenvalue weighted by Gasteiger charge is 2.13. The third-order valence-electron chi connectivity index (χ3n) is 3.06. The predicted molar refractivity (Wildman–Crippen MR) is 97.7 cm³/mol. The van der Waals surface area contributed by atoms with Crippen LogP contribution in [0.15, 0.2) is 36.5 Å². The van der Waals surface area contributed by atoms with Gasteiger partial charge in [0.15, 0.2) is 5.69 Å². The van der Waals surface area contributed by atoms with E-state index in [2.05, 4.69) is 31.7 Å². The summed E-state index contributed by atoms with van der Waals surface area (Å²) in [4.78, 5) is 12.1. The van der Waals surface area contributed by atoms with Gasteiger partial charge in [0, 0.05) is 11.8 Å². The van der Waals surface area contributed by atoms with Crippen molar-refractivity contribution in [1.29, 1.82) is 0 Å². The molecule has 1 aromatic carbocycles. The molecule has 1 unspecified atom stereocenters. The van der Waals surface area contributed by atoms with Crippen LogP contribution >= 0.6 is 11.3 Å². The lowest BCUT2D eigenvalue weighted by molar-refractivity contribution is 0.0945. The van der Waals surface area contributed by atoms with Gasteiger partial charge in [0.2, 0.25) is 0 Å². The van der Waals surface area contributed by atoms with Gasteiger partial charge in [-0.05, 0) is 15.4 Å². The van der Waals surface area contributed by atoms with Crippen molar-refractivity contribution in [3.63, 3.8) is 0 Å². The van der Waals surface area contributed by atoms with Crippen molar-refractivity contribution in [3.8, 4) is 10.6 Å². The smallest absolute Gasteiger partial charge is 0.273 e. The lowest BCUT2D eigenvalue weighted by Crippen LogP contribution is -2.23. The third kappa shape index (κ3) is 4.70. The monoisotopic (exact) mass is 376 g/mol. The molecule has 25 heavy (non-hydrogen) atoms. The summed E-state index contributed by atoms with van der Waals surface area (Å²) in [6.07, 6.45) is 2.97. The van der Waals surface area contributed by atoms with Crippen molar-refractivity contribution in [2.45, 2.75) is 12.4 Å². The second-order valence-corrected chi connectivity index (χ2v) is 9.19. The molecule has 130 valence electrons. The normalized spacial score (nSPS) is 13.3. The minimum absolute atomic E-state index is 0.115. The Hall–Kier alpha value is -2.59. The van der Waals surface area contributed by atoms with E-state index in [1.807, 2.05) is 30.3 Å². The Morgan fingerprint density at radius 2 is 2.04 bits per heavy atom. The standard InChI is InChI=1S/C15H16N6O2S2/c1-25(2,23)10-21-9-12(17-20-21)14(22)16-8-13-18-19-15(24-13)11-6-4-3-5-7-11/h3-7,9H,1,8,10H2,2H3,(H,16,22). The van der Waals surface area contributed by atoms with Crippen LogP contribution in [0, 0.1) is 0 Å². The summed E-state index contributed by atoms with van der Waals surface area (Å²) in [5, 5.41) is 20.0. The summed E-state index contributed by atoms with van der Waals surface area (Å²) in [7, 11) is -2.26. The zero-order valence-electron chi connectivity index (χ0n) is 13.5. The van der Waals surface area contributed by atoms with Gasteiger partial charge in [0.05, 0.1) is 12.7 Å². The molecular weight excluding hydrogens is 360 g/mol. The minimum Gasteiger partial charge on any atom is -0.344 e. The van der Waals surface area contributed by atoms with Crippen molar-refractivity contribution >= 4 is 32.6 Å². The van der Waals surface area contributed by atoms with Gasteiger partial charge in [-0.25, -0.2) is 4.68 Å². The highest BCUT2D eigenvalue weighted by atomic mass is 32.2. The van der Waals surface area contributed by atoms with E-state index in [1.54, 1.807) is 0 Å². The highest BCUT2D eigenvalue weighted by molar-refractivity contribution is 7.98. The molecule has 0 aliphatic rings. The van der Waals surface area contributed by atoms with Gasteiger partial charge in [-0.1, -0.05) is 46.9 Å². The molecule has 2 heterocycles. The van der Waals surface area contributed by atoms with Gasteiger partial charge in [-0.3, -0.25) is 9.00 Å². The first kappa shape index (κ1) is 17.2. The topological polar surface area (TPSA) is 103 Å². The Morgan fingerprint density at radius 1 is 1.28 bits per heavy atom. The van der Waals surface area contributed by atoms with Gasteiger partial charge in [-0.2, -0.15) is 0 Å². The number of hydrogen-bond donors (Lipinski definition) is 1. The van der Waals surface area contributed by atoms with Gasteiger partial charge in [0.1, 0.15) is 15.9 Å². The van der Waals surface area contributed by atoms with Crippen LogP contribution in [-0.4, -0.2) is 47.4 Å². The Balaban J connectivity index is 1.60. The molecule has 0 fully saturated rings. The Kier molecular flexibility index (Phi) is 4.91. The molecule has 0 saturated heterocycles.